The Bertz CT molecular complexity index is 1730. The highest BCUT2D eigenvalue weighted by atomic mass is 32.2. The predicted molar refractivity (Wildman–Crippen MR) is 158 cm³/mol. The van der Waals surface area contributed by atoms with E-state index in [2.05, 4.69) is 42.4 Å². The third kappa shape index (κ3) is 6.13. The molecule has 42 heavy (non-hydrogen) atoms. The van der Waals surface area contributed by atoms with E-state index in [1.54, 1.807) is 24.4 Å². The number of carbonyl (C=O) groups is 1. The first-order valence-corrected chi connectivity index (χ1v) is 15.6. The number of aromatic nitrogens is 3. The largest absolute Gasteiger partial charge is 0.359 e. The average molecular weight is 598 g/mol. The van der Waals surface area contributed by atoms with Crippen LogP contribution < -0.4 is 10.6 Å². The topological polar surface area (TPSA) is 123 Å². The lowest BCUT2D eigenvalue weighted by molar-refractivity contribution is -0.121. The quantitative estimate of drug-likeness (QED) is 0.273. The van der Waals surface area contributed by atoms with Crippen LogP contribution in [0.1, 0.15) is 19.8 Å². The molecule has 2 aromatic heterocycles. The minimum Gasteiger partial charge on any atom is -0.359 e. The van der Waals surface area contributed by atoms with Crippen LogP contribution in [-0.2, 0) is 14.6 Å². The number of para-hydroxylation sites is 1. The molecule has 222 valence electrons. The molecule has 5 rings (SSSR count). The van der Waals surface area contributed by atoms with Crippen molar-refractivity contribution in [2.45, 2.75) is 30.7 Å². The third-order valence-corrected chi connectivity index (χ3v) is 8.58. The number of H-pyrrole nitrogens is 1. The summed E-state index contributed by atoms with van der Waals surface area (Å²) >= 11 is 0. The minimum atomic E-state index is -3.81. The van der Waals surface area contributed by atoms with E-state index in [9.17, 15) is 17.6 Å². The van der Waals surface area contributed by atoms with Gasteiger partial charge in [-0.15, -0.1) is 0 Å². The van der Waals surface area contributed by atoms with Crippen LogP contribution in [0.25, 0.3) is 22.2 Å². The number of benzene rings is 2. The highest BCUT2D eigenvalue weighted by Gasteiger charge is 2.27. The van der Waals surface area contributed by atoms with Crippen molar-refractivity contribution < 1.29 is 22.0 Å². The van der Waals surface area contributed by atoms with Gasteiger partial charge in [0, 0.05) is 43.0 Å². The monoisotopic (exact) mass is 597 g/mol. The summed E-state index contributed by atoms with van der Waals surface area (Å²) < 4.78 is 53.7. The van der Waals surface area contributed by atoms with Crippen LogP contribution in [0.5, 0.6) is 0 Å². The Morgan fingerprint density at radius 2 is 1.86 bits per heavy atom. The number of hydrogen-bond acceptors (Lipinski definition) is 8. The van der Waals surface area contributed by atoms with Crippen LogP contribution in [0, 0.1) is 11.6 Å². The normalized spacial score (nSPS) is 15.8. The van der Waals surface area contributed by atoms with Gasteiger partial charge < -0.3 is 20.5 Å². The highest BCUT2D eigenvalue weighted by molar-refractivity contribution is 7.90. The van der Waals surface area contributed by atoms with E-state index in [-0.39, 0.29) is 29.3 Å². The molecule has 1 atom stereocenters. The standard InChI is InChI=1S/C29H33F2N7O3S/c1-4-23(38-13-7-12-37(2)14-15-38)28(39)34-22-10-5-8-18-19(16-32-27(18)22)26-20(30)17-33-29(36-26)35-21-9-6-11-24(25(21)31)42(3,40)41/h5-6,8-11,16-17,23,32H,4,7,12-15H2,1-3H3,(H,34,39)(H,33,35,36)/t23-/m1/s1. The van der Waals surface area contributed by atoms with Crippen molar-refractivity contribution in [1.82, 2.24) is 24.8 Å². The summed E-state index contributed by atoms with van der Waals surface area (Å²) in [5, 5.41) is 6.33. The van der Waals surface area contributed by atoms with E-state index in [4.69, 9.17) is 0 Å². The summed E-state index contributed by atoms with van der Waals surface area (Å²) in [4.78, 5) is 28.7. The first kappa shape index (κ1) is 29.5. The van der Waals surface area contributed by atoms with Crippen molar-refractivity contribution in [3.05, 3.63) is 60.4 Å². The zero-order valence-corrected chi connectivity index (χ0v) is 24.4. The number of halogens is 2. The van der Waals surface area contributed by atoms with Gasteiger partial charge in [0.05, 0.1) is 29.1 Å². The van der Waals surface area contributed by atoms with Crippen molar-refractivity contribution in [3.8, 4) is 11.3 Å². The smallest absolute Gasteiger partial charge is 0.241 e. The van der Waals surface area contributed by atoms with E-state index in [0.29, 0.717) is 28.6 Å². The lowest BCUT2D eigenvalue weighted by Gasteiger charge is -2.28. The number of fused-ring (bicyclic) bond motifs is 1. The van der Waals surface area contributed by atoms with Crippen LogP contribution in [0.3, 0.4) is 0 Å². The minimum absolute atomic E-state index is 0.0537. The number of aromatic amines is 1. The number of nitrogens with zero attached hydrogens (tertiary/aromatic N) is 4. The molecule has 0 radical (unpaired) electrons. The number of carbonyl (C=O) groups excluding carboxylic acids is 1. The number of sulfone groups is 1. The molecule has 0 aliphatic carbocycles. The number of anilines is 3. The third-order valence-electron chi connectivity index (χ3n) is 7.47. The van der Waals surface area contributed by atoms with Gasteiger partial charge in [-0.25, -0.2) is 27.2 Å². The molecule has 1 aliphatic heterocycles. The molecule has 4 aromatic rings. The molecule has 0 unspecified atom stereocenters. The molecule has 10 nitrogen and oxygen atoms in total. The molecule has 0 saturated carbocycles. The Morgan fingerprint density at radius 1 is 1.10 bits per heavy atom. The molecule has 1 aliphatic rings. The molecule has 0 spiro atoms. The molecule has 13 heteroatoms. The van der Waals surface area contributed by atoms with Gasteiger partial charge in [-0.2, -0.15) is 0 Å². The second-order valence-corrected chi connectivity index (χ2v) is 12.4. The predicted octanol–water partition coefficient (Wildman–Crippen LogP) is 4.40. The summed E-state index contributed by atoms with van der Waals surface area (Å²) in [6, 6.07) is 8.93. The maximum Gasteiger partial charge on any atom is 0.241 e. The molecule has 1 amide bonds. The number of hydrogen-bond donors (Lipinski definition) is 3. The first-order chi connectivity index (χ1) is 20.1. The van der Waals surface area contributed by atoms with E-state index in [1.807, 2.05) is 6.92 Å². The van der Waals surface area contributed by atoms with E-state index >= 15 is 4.39 Å². The number of rotatable bonds is 8. The summed E-state index contributed by atoms with van der Waals surface area (Å²) in [6.07, 6.45) is 5.11. The zero-order chi connectivity index (χ0) is 30.0. The van der Waals surface area contributed by atoms with Gasteiger partial charge in [-0.1, -0.05) is 25.1 Å². The van der Waals surface area contributed by atoms with Gasteiger partial charge in [0.2, 0.25) is 11.9 Å². The fourth-order valence-electron chi connectivity index (χ4n) is 5.29. The molecule has 1 saturated heterocycles. The highest BCUT2D eigenvalue weighted by Crippen LogP contribution is 2.34. The van der Waals surface area contributed by atoms with Crippen molar-refractivity contribution in [3.63, 3.8) is 0 Å². The summed E-state index contributed by atoms with van der Waals surface area (Å²) in [5.41, 5.74) is 1.35. The van der Waals surface area contributed by atoms with Crippen LogP contribution in [0.4, 0.5) is 26.1 Å². The van der Waals surface area contributed by atoms with Crippen LogP contribution in [0.15, 0.2) is 53.7 Å². The average Bonchev–Trinajstić information content (AvgIpc) is 3.27. The van der Waals surface area contributed by atoms with Gasteiger partial charge >= 0.3 is 0 Å². The molecule has 3 heterocycles. The van der Waals surface area contributed by atoms with Gasteiger partial charge in [-0.3, -0.25) is 9.69 Å². The number of likely N-dealkylation sites (N-methyl/N-ethyl adjacent to an activating group) is 1. The first-order valence-electron chi connectivity index (χ1n) is 13.7. The van der Waals surface area contributed by atoms with Crippen LogP contribution in [-0.4, -0.2) is 84.6 Å². The Labute approximate surface area is 243 Å². The molecule has 2 aromatic carbocycles. The molecular weight excluding hydrogens is 564 g/mol. The van der Waals surface area contributed by atoms with Crippen molar-refractivity contribution in [1.29, 1.82) is 0 Å². The van der Waals surface area contributed by atoms with Crippen molar-refractivity contribution in [2.75, 3.05) is 50.1 Å². The molecule has 3 N–H and O–H groups in total. The van der Waals surface area contributed by atoms with Crippen LogP contribution in [0.2, 0.25) is 0 Å². The van der Waals surface area contributed by atoms with Crippen molar-refractivity contribution >= 4 is 44.0 Å². The maximum absolute atomic E-state index is 15.0. The van der Waals surface area contributed by atoms with E-state index < -0.39 is 26.4 Å². The second-order valence-electron chi connectivity index (χ2n) is 10.4. The summed E-state index contributed by atoms with van der Waals surface area (Å²) in [7, 11) is -1.72. The molecule has 1 fully saturated rings. The van der Waals surface area contributed by atoms with E-state index in [1.165, 1.54) is 12.1 Å². The van der Waals surface area contributed by atoms with Crippen LogP contribution >= 0.6 is 0 Å². The SMILES string of the molecule is CC[C@H](C(=O)Nc1cccc2c(-c3nc(Nc4cccc(S(C)(=O)=O)c4F)ncc3F)c[nH]c12)N1CCCN(C)CC1. The van der Waals surface area contributed by atoms with Gasteiger partial charge in [0.25, 0.3) is 0 Å². The zero-order valence-electron chi connectivity index (χ0n) is 23.6. The lowest BCUT2D eigenvalue weighted by atomic mass is 10.1. The molecule has 0 bridgehead atoms. The van der Waals surface area contributed by atoms with Crippen molar-refractivity contribution in [2.24, 2.45) is 0 Å². The Kier molecular flexibility index (Phi) is 8.53. The second kappa shape index (κ2) is 12.1. The summed E-state index contributed by atoms with van der Waals surface area (Å²) in [6.45, 7) is 5.55. The maximum atomic E-state index is 15.0. The molecular formula is C29H33F2N7O3S. The Balaban J connectivity index is 1.42. The van der Waals surface area contributed by atoms with E-state index in [0.717, 1.165) is 51.1 Å². The number of nitrogens with one attached hydrogen (secondary N) is 3. The fraction of sp³-hybridized carbons (Fsp3) is 0.345. The fourth-order valence-corrected chi connectivity index (χ4v) is 6.05. The van der Waals surface area contributed by atoms with Gasteiger partial charge in [0.1, 0.15) is 10.6 Å². The van der Waals surface area contributed by atoms with Gasteiger partial charge in [-0.05, 0) is 44.6 Å². The van der Waals surface area contributed by atoms with Gasteiger partial charge in [0.15, 0.2) is 21.5 Å². The Hall–Kier alpha value is -3.94. The summed E-state index contributed by atoms with van der Waals surface area (Å²) in [5.74, 6) is -1.93. The number of amides is 1. The Morgan fingerprint density at radius 3 is 2.62 bits per heavy atom. The lowest BCUT2D eigenvalue weighted by Crippen LogP contribution is -2.45.